The third-order valence-electron chi connectivity index (χ3n) is 3.78. The van der Waals surface area contributed by atoms with Crippen LogP contribution in [0.5, 0.6) is 0 Å². The molecule has 4 rings (SSSR count). The van der Waals surface area contributed by atoms with Gasteiger partial charge in [0.1, 0.15) is 5.69 Å². The van der Waals surface area contributed by atoms with Gasteiger partial charge in [0.2, 0.25) is 11.7 Å². The zero-order chi connectivity index (χ0) is 17.2. The van der Waals surface area contributed by atoms with Crippen LogP contribution in [0.25, 0.3) is 28.0 Å². The molecule has 7 heteroatoms. The molecule has 0 aliphatic rings. The zero-order valence-corrected chi connectivity index (χ0v) is 13.7. The maximum atomic E-state index is 10.7. The van der Waals surface area contributed by atoms with E-state index in [1.807, 2.05) is 48.7 Å². The molecule has 3 aromatic heterocycles. The average molecular weight is 350 g/mol. The van der Waals surface area contributed by atoms with Crippen LogP contribution in [0.1, 0.15) is 0 Å². The number of nitrogens with zero attached hydrogens (tertiary/aromatic N) is 4. The molecule has 0 bridgehead atoms. The predicted molar refractivity (Wildman–Crippen MR) is 96.4 cm³/mol. The van der Waals surface area contributed by atoms with Gasteiger partial charge >= 0.3 is 0 Å². The number of carbonyl (C=O) groups is 1. The molecular weight excluding hydrogens is 338 g/mol. The molecule has 4 aromatic rings. The maximum absolute atomic E-state index is 10.7. The fraction of sp³-hybridized carbons (Fsp3) is 0. The van der Waals surface area contributed by atoms with Gasteiger partial charge in [0.05, 0.1) is 16.8 Å². The lowest BCUT2D eigenvalue weighted by molar-refractivity contribution is -0.105. The average Bonchev–Trinajstić information content (AvgIpc) is 3.02. The Morgan fingerprint density at radius 2 is 2.04 bits per heavy atom. The first-order valence-corrected chi connectivity index (χ1v) is 7.91. The number of nitrogens with one attached hydrogen (secondary N) is 1. The largest absolute Gasteiger partial charge is 0.329 e. The van der Waals surface area contributed by atoms with Gasteiger partial charge in [-0.25, -0.2) is 14.5 Å². The van der Waals surface area contributed by atoms with E-state index in [-0.39, 0.29) is 5.28 Å². The van der Waals surface area contributed by atoms with Crippen LogP contribution in [0.4, 0.5) is 5.69 Å². The van der Waals surface area contributed by atoms with E-state index in [0.29, 0.717) is 17.8 Å². The maximum Gasteiger partial charge on any atom is 0.222 e. The van der Waals surface area contributed by atoms with Gasteiger partial charge < -0.3 is 5.32 Å². The summed E-state index contributed by atoms with van der Waals surface area (Å²) in [4.78, 5) is 19.0. The first kappa shape index (κ1) is 15.3. The molecule has 0 aliphatic carbocycles. The monoisotopic (exact) mass is 349 g/mol. The number of rotatable bonds is 4. The standard InChI is InChI=1S/C18H12ClN5O/c19-18-20-8-7-14(22-18)16-15-6-1-2-9-24(15)23-17(16)12-4-3-5-13(10-12)21-11-25/h1-11H,(H,21,25). The zero-order valence-electron chi connectivity index (χ0n) is 12.9. The number of benzene rings is 1. The van der Waals surface area contributed by atoms with Crippen molar-refractivity contribution in [1.29, 1.82) is 0 Å². The van der Waals surface area contributed by atoms with Crippen LogP contribution in [-0.4, -0.2) is 26.0 Å². The van der Waals surface area contributed by atoms with Gasteiger partial charge in [-0.1, -0.05) is 18.2 Å². The highest BCUT2D eigenvalue weighted by Gasteiger charge is 2.18. The fourth-order valence-electron chi connectivity index (χ4n) is 2.75. The van der Waals surface area contributed by atoms with Crippen molar-refractivity contribution < 1.29 is 4.79 Å². The van der Waals surface area contributed by atoms with Crippen molar-refractivity contribution in [3.05, 3.63) is 66.2 Å². The number of carbonyl (C=O) groups excluding carboxylic acids is 1. The molecule has 0 spiro atoms. The summed E-state index contributed by atoms with van der Waals surface area (Å²) in [6, 6.07) is 15.1. The van der Waals surface area contributed by atoms with Crippen molar-refractivity contribution in [1.82, 2.24) is 19.6 Å². The van der Waals surface area contributed by atoms with Gasteiger partial charge in [0.15, 0.2) is 0 Å². The molecule has 1 amide bonds. The summed E-state index contributed by atoms with van der Waals surface area (Å²) in [5.41, 5.74) is 4.74. The summed E-state index contributed by atoms with van der Waals surface area (Å²) in [6.45, 7) is 0. The van der Waals surface area contributed by atoms with Crippen LogP contribution in [0.3, 0.4) is 0 Å². The van der Waals surface area contributed by atoms with Crippen molar-refractivity contribution in [2.45, 2.75) is 0 Å². The number of hydrogen-bond donors (Lipinski definition) is 1. The number of amides is 1. The molecule has 122 valence electrons. The lowest BCUT2D eigenvalue weighted by atomic mass is 10.0. The Balaban J connectivity index is 1.99. The Kier molecular flexibility index (Phi) is 3.87. The summed E-state index contributed by atoms with van der Waals surface area (Å²) in [5, 5.41) is 7.52. The Labute approximate surface area is 148 Å². The molecule has 0 radical (unpaired) electrons. The lowest BCUT2D eigenvalue weighted by Gasteiger charge is -2.05. The lowest BCUT2D eigenvalue weighted by Crippen LogP contribution is -1.94. The highest BCUT2D eigenvalue weighted by Crippen LogP contribution is 2.35. The van der Waals surface area contributed by atoms with Gasteiger partial charge in [-0.15, -0.1) is 0 Å². The van der Waals surface area contributed by atoms with Crippen LogP contribution in [-0.2, 0) is 4.79 Å². The minimum atomic E-state index is 0.176. The number of fused-ring (bicyclic) bond motifs is 1. The van der Waals surface area contributed by atoms with E-state index >= 15 is 0 Å². The van der Waals surface area contributed by atoms with Crippen molar-refractivity contribution in [2.75, 3.05) is 5.32 Å². The van der Waals surface area contributed by atoms with Gasteiger partial charge in [-0.05, 0) is 41.9 Å². The third kappa shape index (κ3) is 2.83. The summed E-state index contributed by atoms with van der Waals surface area (Å²) in [5.74, 6) is 0. The minimum absolute atomic E-state index is 0.176. The molecule has 1 N–H and O–H groups in total. The molecule has 25 heavy (non-hydrogen) atoms. The highest BCUT2D eigenvalue weighted by atomic mass is 35.5. The van der Waals surface area contributed by atoms with E-state index in [1.54, 1.807) is 16.8 Å². The molecule has 0 saturated carbocycles. The van der Waals surface area contributed by atoms with Crippen LogP contribution in [0.2, 0.25) is 5.28 Å². The Hall–Kier alpha value is -3.25. The second kappa shape index (κ2) is 6.33. The molecule has 0 saturated heterocycles. The minimum Gasteiger partial charge on any atom is -0.329 e. The van der Waals surface area contributed by atoms with Crippen molar-refractivity contribution in [3.63, 3.8) is 0 Å². The predicted octanol–water partition coefficient (Wildman–Crippen LogP) is 3.68. The quantitative estimate of drug-likeness (QED) is 0.450. The number of anilines is 1. The molecular formula is C18H12ClN5O. The van der Waals surface area contributed by atoms with E-state index in [1.165, 1.54) is 0 Å². The summed E-state index contributed by atoms with van der Waals surface area (Å²) in [6.07, 6.45) is 4.14. The van der Waals surface area contributed by atoms with E-state index in [0.717, 1.165) is 22.3 Å². The van der Waals surface area contributed by atoms with Gasteiger partial charge in [0, 0.05) is 23.6 Å². The van der Waals surface area contributed by atoms with E-state index in [2.05, 4.69) is 20.4 Å². The Bertz CT molecular complexity index is 1080. The molecule has 3 heterocycles. The first-order valence-electron chi connectivity index (χ1n) is 7.53. The molecule has 0 fully saturated rings. The van der Waals surface area contributed by atoms with Crippen LogP contribution in [0.15, 0.2) is 60.9 Å². The second-order valence-corrected chi connectivity index (χ2v) is 5.65. The van der Waals surface area contributed by atoms with Crippen molar-refractivity contribution in [2.24, 2.45) is 0 Å². The summed E-state index contributed by atoms with van der Waals surface area (Å²) < 4.78 is 1.79. The normalized spacial score (nSPS) is 10.8. The van der Waals surface area contributed by atoms with Gasteiger partial charge in [0.25, 0.3) is 0 Å². The molecule has 1 aromatic carbocycles. The number of pyridine rings is 1. The van der Waals surface area contributed by atoms with Gasteiger partial charge in [-0.2, -0.15) is 5.10 Å². The summed E-state index contributed by atoms with van der Waals surface area (Å²) in [7, 11) is 0. The molecule has 6 nitrogen and oxygen atoms in total. The molecule has 0 aliphatic heterocycles. The number of hydrogen-bond acceptors (Lipinski definition) is 4. The van der Waals surface area contributed by atoms with Crippen LogP contribution in [0, 0.1) is 0 Å². The van der Waals surface area contributed by atoms with Crippen molar-refractivity contribution >= 4 is 29.2 Å². The topological polar surface area (TPSA) is 72.2 Å². The van der Waals surface area contributed by atoms with E-state index in [4.69, 9.17) is 11.6 Å². The second-order valence-electron chi connectivity index (χ2n) is 5.31. The first-order chi connectivity index (χ1) is 12.3. The summed E-state index contributed by atoms with van der Waals surface area (Å²) >= 11 is 5.98. The highest BCUT2D eigenvalue weighted by molar-refractivity contribution is 6.28. The van der Waals surface area contributed by atoms with E-state index in [9.17, 15) is 4.79 Å². The fourth-order valence-corrected chi connectivity index (χ4v) is 2.90. The van der Waals surface area contributed by atoms with Crippen LogP contribution < -0.4 is 5.32 Å². The van der Waals surface area contributed by atoms with E-state index < -0.39 is 0 Å². The smallest absolute Gasteiger partial charge is 0.222 e. The Morgan fingerprint density at radius 3 is 2.88 bits per heavy atom. The van der Waals surface area contributed by atoms with Crippen LogP contribution >= 0.6 is 11.6 Å². The third-order valence-corrected chi connectivity index (χ3v) is 3.97. The Morgan fingerprint density at radius 1 is 1.12 bits per heavy atom. The van der Waals surface area contributed by atoms with Crippen molar-refractivity contribution in [3.8, 4) is 22.5 Å². The van der Waals surface area contributed by atoms with Gasteiger partial charge in [-0.3, -0.25) is 4.79 Å². The molecule has 0 atom stereocenters. The SMILES string of the molecule is O=CNc1cccc(-c2nn3ccccc3c2-c2ccnc(Cl)n2)c1. The number of halogens is 1. The molecule has 0 unspecified atom stereocenters. The number of aromatic nitrogens is 4.